The van der Waals surface area contributed by atoms with Crippen molar-refractivity contribution in [3.63, 3.8) is 0 Å². The Morgan fingerprint density at radius 2 is 2.00 bits per heavy atom. The largest absolute Gasteiger partial charge is 0.223 e. The van der Waals surface area contributed by atoms with E-state index in [-0.39, 0.29) is 0 Å². The number of nitrogens with zero attached hydrogens (tertiary/aromatic N) is 1. The summed E-state index contributed by atoms with van der Waals surface area (Å²) in [5.74, 6) is 0.588. The number of fused-ring (bicyclic) bond motifs is 1. The summed E-state index contributed by atoms with van der Waals surface area (Å²) in [7, 11) is 0. The van der Waals surface area contributed by atoms with Crippen LogP contribution in [-0.2, 0) is 6.00 Å². The van der Waals surface area contributed by atoms with E-state index in [9.17, 15) is 0 Å². The third-order valence-electron chi connectivity index (χ3n) is 3.58. The van der Waals surface area contributed by atoms with E-state index in [0.717, 1.165) is 0 Å². The normalized spacial score (nSPS) is 12.8. The molecule has 1 aromatic carbocycles. The molecule has 2 rings (SSSR count). The van der Waals surface area contributed by atoms with Crippen LogP contribution in [0.3, 0.4) is 0 Å². The fraction of sp³-hybridized carbons (Fsp3) is 0.438. The van der Waals surface area contributed by atoms with Gasteiger partial charge in [-0.15, -0.1) is 0 Å². The van der Waals surface area contributed by atoms with Crippen LogP contribution in [0.2, 0.25) is 0 Å². The van der Waals surface area contributed by atoms with Gasteiger partial charge in [-0.3, -0.25) is 0 Å². The van der Waals surface area contributed by atoms with Gasteiger partial charge >= 0.3 is 0 Å². The highest BCUT2D eigenvalue weighted by Gasteiger charge is 2.16. The minimum Gasteiger partial charge on any atom is -0.183 e. The molecule has 0 spiro atoms. The zero-order valence-corrected chi connectivity index (χ0v) is 12.0. The van der Waals surface area contributed by atoms with E-state index in [0.29, 0.717) is 11.9 Å². The van der Waals surface area contributed by atoms with Gasteiger partial charge in [-0.1, -0.05) is 50.4 Å². The maximum absolute atomic E-state index is 6.05. The van der Waals surface area contributed by atoms with Crippen LogP contribution in [0.25, 0.3) is 10.9 Å². The van der Waals surface area contributed by atoms with Gasteiger partial charge in [-0.05, 0) is 24.5 Å². The summed E-state index contributed by atoms with van der Waals surface area (Å²) in [5.41, 5.74) is 2.71. The quantitative estimate of drug-likeness (QED) is 0.547. The zero-order chi connectivity index (χ0) is 13.0. The molecule has 1 aromatic heterocycles. The van der Waals surface area contributed by atoms with Gasteiger partial charge in [0.1, 0.15) is 0 Å². The Kier molecular flexibility index (Phi) is 4.60. The maximum Gasteiger partial charge on any atom is 0.223 e. The Balaban J connectivity index is 2.49. The highest BCUT2D eigenvalue weighted by Crippen LogP contribution is 2.26. The van der Waals surface area contributed by atoms with Gasteiger partial charge in [0.15, 0.2) is 6.20 Å². The first-order valence-electron chi connectivity index (χ1n) is 6.75. The van der Waals surface area contributed by atoms with Crippen molar-refractivity contribution in [1.29, 1.82) is 0 Å². The molecule has 1 atom stereocenters. The fourth-order valence-electron chi connectivity index (χ4n) is 2.53. The minimum atomic E-state index is 0.509. The van der Waals surface area contributed by atoms with Crippen LogP contribution < -0.4 is 4.57 Å². The molecule has 0 saturated carbocycles. The number of pyridine rings is 1. The lowest BCUT2D eigenvalue weighted by molar-refractivity contribution is -0.652. The maximum atomic E-state index is 6.05. The molecule has 0 fully saturated rings. The summed E-state index contributed by atoms with van der Waals surface area (Å²) in [4.78, 5) is 0. The van der Waals surface area contributed by atoms with Crippen LogP contribution in [0.4, 0.5) is 0 Å². The van der Waals surface area contributed by atoms with Crippen LogP contribution >= 0.6 is 11.6 Å². The van der Waals surface area contributed by atoms with Gasteiger partial charge in [0, 0.05) is 17.0 Å². The first-order chi connectivity index (χ1) is 8.77. The van der Waals surface area contributed by atoms with Gasteiger partial charge in [0.05, 0.1) is 0 Å². The zero-order valence-electron chi connectivity index (χ0n) is 11.2. The van der Waals surface area contributed by atoms with E-state index < -0.39 is 0 Å². The highest BCUT2D eigenvalue weighted by molar-refractivity contribution is 6.14. The average molecular weight is 263 g/mol. The Hall–Kier alpha value is -1.08. The van der Waals surface area contributed by atoms with Crippen molar-refractivity contribution in [2.75, 3.05) is 0 Å². The van der Waals surface area contributed by atoms with Crippen LogP contribution in [0, 0.1) is 0 Å². The van der Waals surface area contributed by atoms with Gasteiger partial charge in [-0.25, -0.2) is 0 Å². The van der Waals surface area contributed by atoms with Crippen LogP contribution in [0.15, 0.2) is 36.5 Å². The predicted octanol–water partition coefficient (Wildman–Crippen LogP) is 4.62. The van der Waals surface area contributed by atoms with E-state index in [1.54, 1.807) is 0 Å². The van der Waals surface area contributed by atoms with Crippen molar-refractivity contribution in [1.82, 2.24) is 0 Å². The molecule has 0 aliphatic rings. The van der Waals surface area contributed by atoms with Gasteiger partial charge in [-0.2, -0.15) is 4.57 Å². The van der Waals surface area contributed by atoms with E-state index >= 15 is 0 Å². The molecule has 18 heavy (non-hydrogen) atoms. The number of halogens is 1. The summed E-state index contributed by atoms with van der Waals surface area (Å²) in [6.45, 7) is 4.56. The molecule has 0 saturated heterocycles. The summed E-state index contributed by atoms with van der Waals surface area (Å²) >= 11 is 6.05. The molecule has 0 aliphatic carbocycles. The van der Waals surface area contributed by atoms with Crippen molar-refractivity contribution in [2.45, 2.75) is 45.0 Å². The van der Waals surface area contributed by atoms with Crippen molar-refractivity contribution in [2.24, 2.45) is 0 Å². The molecule has 0 bridgehead atoms. The van der Waals surface area contributed by atoms with Crippen LogP contribution in [0.5, 0.6) is 0 Å². The van der Waals surface area contributed by atoms with Crippen molar-refractivity contribution < 1.29 is 4.57 Å². The second-order valence-corrected chi connectivity index (χ2v) is 5.16. The molecule has 1 heterocycles. The third kappa shape index (κ3) is 2.67. The summed E-state index contributed by atoms with van der Waals surface area (Å²) < 4.78 is 2.13. The SMILES string of the molecule is CCCCC(C)c1cccc2ccc[n+](CCl)c12. The molecule has 2 heteroatoms. The van der Waals surface area contributed by atoms with Crippen molar-refractivity contribution >= 4 is 22.5 Å². The lowest BCUT2D eigenvalue weighted by atomic mass is 9.93. The van der Waals surface area contributed by atoms with E-state index in [1.807, 2.05) is 0 Å². The molecule has 0 radical (unpaired) electrons. The topological polar surface area (TPSA) is 3.88 Å². The highest BCUT2D eigenvalue weighted by atomic mass is 35.5. The Labute approximate surface area is 114 Å². The standard InChI is InChI=1S/C16H21ClN/c1-3-4-7-13(2)15-10-5-8-14-9-6-11-18(12-17)16(14)15/h5-6,8-11,13H,3-4,7,12H2,1-2H3/q+1. The first-order valence-corrected chi connectivity index (χ1v) is 7.28. The Bertz CT molecular complexity index is 516. The number of hydrogen-bond acceptors (Lipinski definition) is 0. The number of hydrogen-bond donors (Lipinski definition) is 0. The van der Waals surface area contributed by atoms with Crippen LogP contribution in [-0.4, -0.2) is 0 Å². The number of benzene rings is 1. The van der Waals surface area contributed by atoms with E-state index in [4.69, 9.17) is 11.6 Å². The van der Waals surface area contributed by atoms with Gasteiger partial charge in [0.2, 0.25) is 11.5 Å². The van der Waals surface area contributed by atoms with Gasteiger partial charge in [0.25, 0.3) is 0 Å². The predicted molar refractivity (Wildman–Crippen MR) is 77.9 cm³/mol. The number of unbranched alkanes of at least 4 members (excludes halogenated alkanes) is 1. The molecule has 0 amide bonds. The molecular weight excluding hydrogens is 242 g/mol. The third-order valence-corrected chi connectivity index (χ3v) is 3.84. The monoisotopic (exact) mass is 262 g/mol. The molecule has 1 unspecified atom stereocenters. The number of para-hydroxylation sites is 1. The second-order valence-electron chi connectivity index (χ2n) is 4.93. The summed E-state index contributed by atoms with van der Waals surface area (Å²) in [6, 6.07) is 11.3. The molecule has 96 valence electrons. The van der Waals surface area contributed by atoms with E-state index in [2.05, 4.69) is 54.9 Å². The Morgan fingerprint density at radius 3 is 2.72 bits per heavy atom. The van der Waals surface area contributed by atoms with Crippen molar-refractivity contribution in [3.8, 4) is 0 Å². The van der Waals surface area contributed by atoms with Gasteiger partial charge < -0.3 is 0 Å². The molecule has 0 aliphatic heterocycles. The lowest BCUT2D eigenvalue weighted by Gasteiger charge is -2.12. The molecule has 0 N–H and O–H groups in total. The van der Waals surface area contributed by atoms with Crippen LogP contribution in [0.1, 0.15) is 44.6 Å². The van der Waals surface area contributed by atoms with Crippen molar-refractivity contribution in [3.05, 3.63) is 42.1 Å². The number of alkyl halides is 1. The molecule has 2 aromatic rings. The summed E-state index contributed by atoms with van der Waals surface area (Å²) in [5, 5.41) is 1.28. The lowest BCUT2D eigenvalue weighted by Crippen LogP contribution is -2.32. The molecule has 1 nitrogen and oxygen atoms in total. The fourth-order valence-corrected chi connectivity index (χ4v) is 2.73. The second kappa shape index (κ2) is 6.19. The summed E-state index contributed by atoms with van der Waals surface area (Å²) in [6.07, 6.45) is 5.84. The minimum absolute atomic E-state index is 0.509. The molecular formula is C16H21ClN+. The van der Waals surface area contributed by atoms with E-state index in [1.165, 1.54) is 35.7 Å². The first kappa shape index (κ1) is 13.4. The average Bonchev–Trinajstić information content (AvgIpc) is 2.43. The Morgan fingerprint density at radius 1 is 1.22 bits per heavy atom. The number of aromatic nitrogens is 1. The number of rotatable bonds is 5. The smallest absolute Gasteiger partial charge is 0.183 e.